The molecule has 23 heavy (non-hydrogen) atoms. The number of methoxy groups -OCH3 is 1. The van der Waals surface area contributed by atoms with Gasteiger partial charge in [-0.15, -0.1) is 0 Å². The summed E-state index contributed by atoms with van der Waals surface area (Å²) < 4.78 is 10.9. The molecule has 1 aromatic rings. The van der Waals surface area contributed by atoms with Gasteiger partial charge in [0, 0.05) is 22.3 Å². The first-order chi connectivity index (χ1) is 10.7. The van der Waals surface area contributed by atoms with E-state index in [1.54, 1.807) is 39.2 Å². The molecule has 1 saturated carbocycles. The Hall–Kier alpha value is -2.01. The van der Waals surface area contributed by atoms with Crippen LogP contribution in [-0.4, -0.2) is 36.7 Å². The molecule has 1 aliphatic heterocycles. The van der Waals surface area contributed by atoms with Crippen molar-refractivity contribution in [2.24, 2.45) is 11.3 Å². The Morgan fingerprint density at radius 3 is 2.48 bits per heavy atom. The molecule has 0 amide bonds. The third-order valence-electron chi connectivity index (χ3n) is 5.84. The van der Waals surface area contributed by atoms with E-state index in [9.17, 15) is 14.4 Å². The third kappa shape index (κ3) is 1.53. The molecule has 120 valence electrons. The Bertz CT molecular complexity index is 778. The minimum atomic E-state index is -0.931. The van der Waals surface area contributed by atoms with Crippen molar-refractivity contribution in [1.29, 1.82) is 0 Å². The average Bonchev–Trinajstić information content (AvgIpc) is 3.31. The molecule has 4 rings (SSSR count). The van der Waals surface area contributed by atoms with Crippen LogP contribution in [0.4, 0.5) is 0 Å². The number of hydrogen-bond donors (Lipinski definition) is 0. The van der Waals surface area contributed by atoms with Crippen molar-refractivity contribution in [3.05, 3.63) is 29.3 Å². The summed E-state index contributed by atoms with van der Waals surface area (Å²) in [5, 5.41) is 0. The van der Waals surface area contributed by atoms with Gasteiger partial charge in [-0.25, -0.2) is 0 Å². The Morgan fingerprint density at radius 1 is 1.13 bits per heavy atom. The molecule has 2 fully saturated rings. The minimum absolute atomic E-state index is 0.0857. The van der Waals surface area contributed by atoms with Crippen molar-refractivity contribution in [3.63, 3.8) is 0 Å². The van der Waals surface area contributed by atoms with E-state index in [-0.39, 0.29) is 11.9 Å². The zero-order valence-electron chi connectivity index (χ0n) is 13.5. The number of ketones is 3. The van der Waals surface area contributed by atoms with E-state index in [2.05, 4.69) is 0 Å². The summed E-state index contributed by atoms with van der Waals surface area (Å²) in [7, 11) is 1.56. The second-order valence-electron chi connectivity index (χ2n) is 7.38. The zero-order valence-corrected chi connectivity index (χ0v) is 13.5. The van der Waals surface area contributed by atoms with E-state index in [1.165, 1.54) is 0 Å². The van der Waals surface area contributed by atoms with E-state index in [1.807, 2.05) is 6.92 Å². The molecule has 1 saturated heterocycles. The van der Waals surface area contributed by atoms with Crippen molar-refractivity contribution >= 4 is 17.3 Å². The van der Waals surface area contributed by atoms with Gasteiger partial charge in [0.05, 0.1) is 7.11 Å². The molecule has 5 nitrogen and oxygen atoms in total. The lowest BCUT2D eigenvalue weighted by Gasteiger charge is -2.49. The molecule has 0 N–H and O–H groups in total. The number of carbonyl (C=O) groups excluding carboxylic acids is 3. The number of hydrogen-bond acceptors (Lipinski definition) is 5. The fourth-order valence-corrected chi connectivity index (χ4v) is 4.66. The van der Waals surface area contributed by atoms with Crippen molar-refractivity contribution < 1.29 is 23.9 Å². The lowest BCUT2D eigenvalue weighted by atomic mass is 9.49. The minimum Gasteiger partial charge on any atom is -0.497 e. The van der Waals surface area contributed by atoms with Crippen LogP contribution in [0.5, 0.6) is 5.75 Å². The number of rotatable bonds is 1. The molecule has 0 radical (unpaired) electrons. The molecular formula is C18H18O5. The van der Waals surface area contributed by atoms with Crippen LogP contribution in [0.25, 0.3) is 0 Å². The zero-order chi connectivity index (χ0) is 16.7. The molecule has 2 aliphatic carbocycles. The topological polar surface area (TPSA) is 73.0 Å². The number of epoxide rings is 1. The fourth-order valence-electron chi connectivity index (χ4n) is 4.66. The van der Waals surface area contributed by atoms with Crippen LogP contribution in [-0.2, 0) is 19.7 Å². The van der Waals surface area contributed by atoms with Gasteiger partial charge in [0.15, 0.2) is 5.78 Å². The molecule has 5 heteroatoms. The largest absolute Gasteiger partial charge is 0.497 e. The maximum atomic E-state index is 12.8. The number of Topliss-reactive ketones (excluding diaryl/α,β-unsaturated/α-hetero) is 3. The number of carbonyl (C=O) groups is 3. The highest BCUT2D eigenvalue weighted by Crippen LogP contribution is 2.61. The van der Waals surface area contributed by atoms with Crippen LogP contribution in [0.1, 0.15) is 36.7 Å². The van der Waals surface area contributed by atoms with Gasteiger partial charge in [-0.05, 0) is 23.8 Å². The quantitative estimate of drug-likeness (QED) is 0.583. The Morgan fingerprint density at radius 2 is 1.83 bits per heavy atom. The van der Waals surface area contributed by atoms with Crippen molar-refractivity contribution in [2.75, 3.05) is 7.11 Å². The summed E-state index contributed by atoms with van der Waals surface area (Å²) in [5.41, 5.74) is -0.481. The van der Waals surface area contributed by atoms with Gasteiger partial charge in [-0.3, -0.25) is 14.4 Å². The Labute approximate surface area is 134 Å². The van der Waals surface area contributed by atoms with Gasteiger partial charge in [-0.1, -0.05) is 20.8 Å². The predicted octanol–water partition coefficient (Wildman–Crippen LogP) is 1.71. The highest BCUT2D eigenvalue weighted by molar-refractivity contribution is 6.46. The van der Waals surface area contributed by atoms with Gasteiger partial charge >= 0.3 is 0 Å². The van der Waals surface area contributed by atoms with Crippen molar-refractivity contribution in [1.82, 2.24) is 0 Å². The predicted molar refractivity (Wildman–Crippen MR) is 80.6 cm³/mol. The van der Waals surface area contributed by atoms with Crippen LogP contribution in [0.3, 0.4) is 0 Å². The summed E-state index contributed by atoms with van der Waals surface area (Å²) in [6.07, 6.45) is -0.831. The Balaban J connectivity index is 2.02. The lowest BCUT2D eigenvalue weighted by molar-refractivity contribution is -0.142. The number of benzene rings is 1. The molecule has 0 bridgehead atoms. The molecular weight excluding hydrogens is 296 g/mol. The maximum absolute atomic E-state index is 12.8. The molecule has 0 aromatic heterocycles. The molecule has 3 aliphatic rings. The standard InChI is InChI=1S/C18H18O5/c1-17(2)14-12(20)11(19)9-6-5-8(22-4)7-10(9)18(14,3)16-13(23-16)15(17)21/h5-7,13-14,16H,1-4H3/t13-,14?,16-,18+/m1/s1. The monoisotopic (exact) mass is 314 g/mol. The number of ether oxygens (including phenoxy) is 2. The van der Waals surface area contributed by atoms with Gasteiger partial charge in [0.25, 0.3) is 0 Å². The van der Waals surface area contributed by atoms with Gasteiger partial charge in [0.1, 0.15) is 18.0 Å². The van der Waals surface area contributed by atoms with E-state index < -0.39 is 34.4 Å². The summed E-state index contributed by atoms with van der Waals surface area (Å²) in [6.45, 7) is 5.41. The maximum Gasteiger partial charge on any atom is 0.229 e. The second-order valence-corrected chi connectivity index (χ2v) is 7.38. The molecule has 1 heterocycles. The van der Waals surface area contributed by atoms with E-state index in [4.69, 9.17) is 9.47 Å². The molecule has 0 spiro atoms. The van der Waals surface area contributed by atoms with Crippen LogP contribution in [0.2, 0.25) is 0 Å². The van der Waals surface area contributed by atoms with Crippen LogP contribution < -0.4 is 4.74 Å². The van der Waals surface area contributed by atoms with Gasteiger partial charge < -0.3 is 9.47 Å². The first-order valence-corrected chi connectivity index (χ1v) is 7.71. The van der Waals surface area contributed by atoms with E-state index in [0.717, 1.165) is 5.56 Å². The fraction of sp³-hybridized carbons (Fsp3) is 0.500. The van der Waals surface area contributed by atoms with Gasteiger partial charge in [0.2, 0.25) is 11.6 Å². The van der Waals surface area contributed by atoms with Crippen molar-refractivity contribution in [2.45, 2.75) is 38.4 Å². The summed E-state index contributed by atoms with van der Waals surface area (Å²) in [4.78, 5) is 38.0. The van der Waals surface area contributed by atoms with Crippen molar-refractivity contribution in [3.8, 4) is 5.75 Å². The lowest BCUT2D eigenvalue weighted by Crippen LogP contribution is -2.61. The first kappa shape index (κ1) is 14.6. The number of fused-ring (bicyclic) bond motifs is 5. The SMILES string of the molecule is COc1ccc2c(c1)[C@@]1(C)C(C(=O)C2=O)C(C)(C)C(=O)[C@H]2O[C@H]21. The summed E-state index contributed by atoms with van der Waals surface area (Å²) in [5.74, 6) is -1.18. The first-order valence-electron chi connectivity index (χ1n) is 7.71. The summed E-state index contributed by atoms with van der Waals surface area (Å²) in [6, 6.07) is 5.12. The van der Waals surface area contributed by atoms with Crippen LogP contribution in [0, 0.1) is 11.3 Å². The smallest absolute Gasteiger partial charge is 0.229 e. The van der Waals surface area contributed by atoms with E-state index in [0.29, 0.717) is 11.3 Å². The highest BCUT2D eigenvalue weighted by Gasteiger charge is 2.73. The average molecular weight is 314 g/mol. The second kappa shape index (κ2) is 4.09. The van der Waals surface area contributed by atoms with Gasteiger partial charge in [-0.2, -0.15) is 0 Å². The normalized spacial score (nSPS) is 36.9. The molecule has 1 aromatic carbocycles. The van der Waals surface area contributed by atoms with Crippen LogP contribution >= 0.6 is 0 Å². The van der Waals surface area contributed by atoms with E-state index >= 15 is 0 Å². The highest BCUT2D eigenvalue weighted by atomic mass is 16.6. The summed E-state index contributed by atoms with van der Waals surface area (Å²) >= 11 is 0. The third-order valence-corrected chi connectivity index (χ3v) is 5.84. The molecule has 4 atom stereocenters. The molecule has 1 unspecified atom stereocenters. The Kier molecular flexibility index (Phi) is 2.59. The van der Waals surface area contributed by atoms with Crippen LogP contribution in [0.15, 0.2) is 18.2 Å².